The molecule has 0 amide bonds. The van der Waals surface area contributed by atoms with Crippen molar-refractivity contribution in [1.29, 1.82) is 0 Å². The van der Waals surface area contributed by atoms with E-state index in [1.165, 1.54) is 12.1 Å². The standard InChI is InChI=1S/C17H12Cl2N2O4/c1-23-12-4-2-3-10(7-12)16-20-15(25-21-16)9-24-17(22)13-6-5-11(18)8-14(13)19/h2-8H,9H2,1H3. The first-order chi connectivity index (χ1) is 12.1. The van der Waals surface area contributed by atoms with Gasteiger partial charge in [0.1, 0.15) is 5.75 Å². The summed E-state index contributed by atoms with van der Waals surface area (Å²) in [7, 11) is 1.57. The molecule has 3 aromatic rings. The minimum Gasteiger partial charge on any atom is -0.497 e. The average Bonchev–Trinajstić information content (AvgIpc) is 3.09. The summed E-state index contributed by atoms with van der Waals surface area (Å²) >= 11 is 11.8. The Hall–Kier alpha value is -2.57. The fraction of sp³-hybridized carbons (Fsp3) is 0.118. The Kier molecular flexibility index (Phi) is 5.21. The lowest BCUT2D eigenvalue weighted by Gasteiger charge is -2.04. The molecule has 0 bridgehead atoms. The molecule has 0 saturated carbocycles. The number of esters is 1. The molecule has 0 unspecified atom stereocenters. The van der Waals surface area contributed by atoms with Gasteiger partial charge in [-0.2, -0.15) is 4.98 Å². The zero-order chi connectivity index (χ0) is 17.8. The molecule has 8 heteroatoms. The van der Waals surface area contributed by atoms with E-state index in [1.54, 1.807) is 19.2 Å². The molecule has 0 radical (unpaired) electrons. The molecule has 1 aromatic heterocycles. The van der Waals surface area contributed by atoms with Gasteiger partial charge in [0.15, 0.2) is 6.61 Å². The van der Waals surface area contributed by atoms with E-state index in [4.69, 9.17) is 37.2 Å². The van der Waals surface area contributed by atoms with Crippen molar-refractivity contribution in [3.8, 4) is 17.1 Å². The molecule has 0 fully saturated rings. The normalized spacial score (nSPS) is 10.5. The van der Waals surface area contributed by atoms with Gasteiger partial charge in [0.05, 0.1) is 17.7 Å². The monoisotopic (exact) mass is 378 g/mol. The van der Waals surface area contributed by atoms with E-state index in [9.17, 15) is 4.79 Å². The molecule has 3 rings (SSSR count). The van der Waals surface area contributed by atoms with Crippen molar-refractivity contribution in [2.75, 3.05) is 7.11 Å². The second-order valence-corrected chi connectivity index (χ2v) is 5.79. The van der Waals surface area contributed by atoms with Crippen LogP contribution in [0.5, 0.6) is 5.75 Å². The number of benzene rings is 2. The summed E-state index contributed by atoms with van der Waals surface area (Å²) < 4.78 is 15.4. The third kappa shape index (κ3) is 4.10. The Morgan fingerprint density at radius 3 is 2.80 bits per heavy atom. The lowest BCUT2D eigenvalue weighted by atomic mass is 10.2. The highest BCUT2D eigenvalue weighted by Crippen LogP contribution is 2.23. The summed E-state index contributed by atoms with van der Waals surface area (Å²) in [5.74, 6) is 0.598. The maximum atomic E-state index is 12.1. The molecule has 25 heavy (non-hydrogen) atoms. The predicted octanol–water partition coefficient (Wildman–Crippen LogP) is 4.41. The van der Waals surface area contributed by atoms with E-state index >= 15 is 0 Å². The molecule has 128 valence electrons. The van der Waals surface area contributed by atoms with Gasteiger partial charge < -0.3 is 14.0 Å². The minimum absolute atomic E-state index is 0.163. The van der Waals surface area contributed by atoms with E-state index in [0.717, 1.165) is 5.56 Å². The molecule has 0 saturated heterocycles. The Balaban J connectivity index is 1.68. The van der Waals surface area contributed by atoms with Crippen molar-refractivity contribution in [3.63, 3.8) is 0 Å². The van der Waals surface area contributed by atoms with E-state index in [1.807, 2.05) is 18.2 Å². The number of carbonyl (C=O) groups is 1. The number of ether oxygens (including phenoxy) is 2. The highest BCUT2D eigenvalue weighted by Gasteiger charge is 2.15. The molecule has 0 N–H and O–H groups in total. The molecule has 0 spiro atoms. The van der Waals surface area contributed by atoms with E-state index in [2.05, 4.69) is 10.1 Å². The number of methoxy groups -OCH3 is 1. The maximum Gasteiger partial charge on any atom is 0.340 e. The quantitative estimate of drug-likeness (QED) is 0.612. The molecule has 0 aliphatic heterocycles. The van der Waals surface area contributed by atoms with Gasteiger partial charge in [-0.1, -0.05) is 40.5 Å². The number of aromatic nitrogens is 2. The van der Waals surface area contributed by atoms with E-state index in [-0.39, 0.29) is 23.1 Å². The van der Waals surface area contributed by atoms with E-state index in [0.29, 0.717) is 16.6 Å². The third-order valence-corrected chi connectivity index (χ3v) is 3.82. The molecule has 0 aliphatic rings. The van der Waals surface area contributed by atoms with Gasteiger partial charge in [-0.15, -0.1) is 0 Å². The first kappa shape index (κ1) is 17.3. The Morgan fingerprint density at radius 2 is 2.04 bits per heavy atom. The van der Waals surface area contributed by atoms with Crippen LogP contribution in [0.4, 0.5) is 0 Å². The molecular weight excluding hydrogens is 367 g/mol. The lowest BCUT2D eigenvalue weighted by molar-refractivity contribution is 0.0430. The van der Waals surface area contributed by atoms with Crippen LogP contribution in [0.15, 0.2) is 47.0 Å². The van der Waals surface area contributed by atoms with Crippen LogP contribution >= 0.6 is 23.2 Å². The Labute approximate surface area is 153 Å². The summed E-state index contributed by atoms with van der Waals surface area (Å²) in [5.41, 5.74) is 0.931. The SMILES string of the molecule is COc1cccc(-c2noc(COC(=O)c3ccc(Cl)cc3Cl)n2)c1. The number of hydrogen-bond donors (Lipinski definition) is 0. The van der Waals surface area contributed by atoms with Gasteiger partial charge in [-0.25, -0.2) is 4.79 Å². The van der Waals surface area contributed by atoms with E-state index < -0.39 is 5.97 Å². The average molecular weight is 379 g/mol. The second-order valence-electron chi connectivity index (χ2n) is 4.94. The zero-order valence-corrected chi connectivity index (χ0v) is 14.5. The van der Waals surface area contributed by atoms with Crippen LogP contribution in [0, 0.1) is 0 Å². The van der Waals surface area contributed by atoms with Crippen LogP contribution in [-0.4, -0.2) is 23.2 Å². The van der Waals surface area contributed by atoms with Crippen LogP contribution in [0.25, 0.3) is 11.4 Å². The van der Waals surface area contributed by atoms with Gasteiger partial charge >= 0.3 is 5.97 Å². The topological polar surface area (TPSA) is 74.5 Å². The largest absolute Gasteiger partial charge is 0.497 e. The highest BCUT2D eigenvalue weighted by atomic mass is 35.5. The molecule has 0 aliphatic carbocycles. The van der Waals surface area contributed by atoms with Crippen LogP contribution in [-0.2, 0) is 11.3 Å². The van der Waals surface area contributed by atoms with Crippen LogP contribution in [0.3, 0.4) is 0 Å². The van der Waals surface area contributed by atoms with Crippen molar-refractivity contribution in [3.05, 3.63) is 64.0 Å². The van der Waals surface area contributed by atoms with Crippen LogP contribution < -0.4 is 4.74 Å². The number of hydrogen-bond acceptors (Lipinski definition) is 6. The summed E-state index contributed by atoms with van der Waals surface area (Å²) in [4.78, 5) is 16.2. The zero-order valence-electron chi connectivity index (χ0n) is 13.0. The second kappa shape index (κ2) is 7.55. The fourth-order valence-corrected chi connectivity index (χ4v) is 2.54. The number of carbonyl (C=O) groups excluding carboxylic acids is 1. The summed E-state index contributed by atoms with van der Waals surface area (Å²) in [5, 5.41) is 4.51. The molecule has 0 atom stereocenters. The van der Waals surface area contributed by atoms with Gasteiger partial charge in [-0.3, -0.25) is 0 Å². The number of rotatable bonds is 5. The summed E-state index contributed by atoms with van der Waals surface area (Å²) in [6.07, 6.45) is 0. The third-order valence-electron chi connectivity index (χ3n) is 3.27. The first-order valence-corrected chi connectivity index (χ1v) is 7.91. The number of halogens is 2. The first-order valence-electron chi connectivity index (χ1n) is 7.16. The van der Waals surface area contributed by atoms with Gasteiger partial charge in [-0.05, 0) is 30.3 Å². The molecule has 2 aromatic carbocycles. The van der Waals surface area contributed by atoms with Crippen LogP contribution in [0.2, 0.25) is 10.0 Å². The highest BCUT2D eigenvalue weighted by molar-refractivity contribution is 6.36. The molecular formula is C17H12Cl2N2O4. The molecule has 6 nitrogen and oxygen atoms in total. The predicted molar refractivity (Wildman–Crippen MR) is 91.9 cm³/mol. The van der Waals surface area contributed by atoms with Crippen molar-refractivity contribution >= 4 is 29.2 Å². The lowest BCUT2D eigenvalue weighted by Crippen LogP contribution is -2.06. The Bertz CT molecular complexity index is 911. The van der Waals surface area contributed by atoms with Gasteiger partial charge in [0, 0.05) is 10.6 Å². The number of nitrogens with zero attached hydrogens (tertiary/aromatic N) is 2. The van der Waals surface area contributed by atoms with Crippen molar-refractivity contribution in [2.24, 2.45) is 0 Å². The van der Waals surface area contributed by atoms with Crippen molar-refractivity contribution in [1.82, 2.24) is 10.1 Å². The van der Waals surface area contributed by atoms with Gasteiger partial charge in [0.2, 0.25) is 5.82 Å². The molecule has 1 heterocycles. The maximum absolute atomic E-state index is 12.1. The van der Waals surface area contributed by atoms with Crippen molar-refractivity contribution in [2.45, 2.75) is 6.61 Å². The van der Waals surface area contributed by atoms with Crippen molar-refractivity contribution < 1.29 is 18.8 Å². The summed E-state index contributed by atoms with van der Waals surface area (Å²) in [6, 6.07) is 11.7. The summed E-state index contributed by atoms with van der Waals surface area (Å²) in [6.45, 7) is -0.172. The smallest absolute Gasteiger partial charge is 0.340 e. The Morgan fingerprint density at radius 1 is 1.20 bits per heavy atom. The van der Waals surface area contributed by atoms with Crippen LogP contribution in [0.1, 0.15) is 16.2 Å². The fourth-order valence-electron chi connectivity index (χ4n) is 2.05. The van der Waals surface area contributed by atoms with Gasteiger partial charge in [0.25, 0.3) is 5.89 Å². The minimum atomic E-state index is -0.609.